The number of hydrogen-bond acceptors (Lipinski definition) is 4. The maximum absolute atomic E-state index is 13.5. The molecule has 162 valence electrons. The van der Waals surface area contributed by atoms with Crippen LogP contribution in [0.25, 0.3) is 5.57 Å². The van der Waals surface area contributed by atoms with Gasteiger partial charge < -0.3 is 10.1 Å². The van der Waals surface area contributed by atoms with Crippen molar-refractivity contribution in [3.63, 3.8) is 0 Å². The smallest absolute Gasteiger partial charge is 0.282 e. The van der Waals surface area contributed by atoms with E-state index in [1.54, 1.807) is 30.3 Å². The standard InChI is InChI=1S/C26H23ClN2O3/c1-4-32-21-7-5-6-20(15-21)29-25(30)23(18-11-8-16(2)9-12-18)24(26(29)31)28-19-13-10-17(3)22(27)14-19/h5-15,28H,4H2,1-3H3. The van der Waals surface area contributed by atoms with Crippen LogP contribution in [0, 0.1) is 13.8 Å². The van der Waals surface area contributed by atoms with Crippen LogP contribution in [0.4, 0.5) is 11.4 Å². The molecule has 1 aliphatic heterocycles. The van der Waals surface area contributed by atoms with Gasteiger partial charge in [0.1, 0.15) is 11.4 Å². The van der Waals surface area contributed by atoms with Crippen LogP contribution < -0.4 is 15.0 Å². The fourth-order valence-electron chi connectivity index (χ4n) is 3.56. The Morgan fingerprint density at radius 3 is 2.38 bits per heavy atom. The third kappa shape index (κ3) is 4.12. The molecule has 0 unspecified atom stereocenters. The van der Waals surface area contributed by atoms with Gasteiger partial charge in [0, 0.05) is 16.8 Å². The molecule has 32 heavy (non-hydrogen) atoms. The van der Waals surface area contributed by atoms with E-state index in [4.69, 9.17) is 16.3 Å². The van der Waals surface area contributed by atoms with Crippen LogP contribution in [0.15, 0.2) is 72.4 Å². The normalized spacial score (nSPS) is 13.7. The van der Waals surface area contributed by atoms with Gasteiger partial charge in [-0.1, -0.05) is 53.6 Å². The Balaban J connectivity index is 1.80. The highest BCUT2D eigenvalue weighted by Gasteiger charge is 2.40. The van der Waals surface area contributed by atoms with Crippen molar-refractivity contribution in [3.8, 4) is 5.75 Å². The summed E-state index contributed by atoms with van der Waals surface area (Å²) in [6.45, 7) is 6.24. The fourth-order valence-corrected chi connectivity index (χ4v) is 3.74. The van der Waals surface area contributed by atoms with E-state index in [1.165, 1.54) is 4.90 Å². The molecule has 1 heterocycles. The van der Waals surface area contributed by atoms with E-state index in [0.717, 1.165) is 11.1 Å². The van der Waals surface area contributed by atoms with Gasteiger partial charge in [-0.3, -0.25) is 9.59 Å². The number of benzene rings is 3. The number of halogens is 1. The van der Waals surface area contributed by atoms with Crippen molar-refractivity contribution in [2.45, 2.75) is 20.8 Å². The molecule has 1 aliphatic rings. The lowest BCUT2D eigenvalue weighted by Gasteiger charge is -2.16. The Hall–Kier alpha value is -3.57. The Morgan fingerprint density at radius 1 is 0.938 bits per heavy atom. The molecule has 6 heteroatoms. The summed E-state index contributed by atoms with van der Waals surface area (Å²) in [5.74, 6) is -0.238. The molecule has 3 aromatic rings. The topological polar surface area (TPSA) is 58.6 Å². The van der Waals surface area contributed by atoms with E-state index >= 15 is 0 Å². The number of carbonyl (C=O) groups excluding carboxylic acids is 2. The first-order valence-electron chi connectivity index (χ1n) is 10.3. The molecule has 0 fully saturated rings. The average Bonchev–Trinajstić information content (AvgIpc) is 3.01. The molecule has 0 radical (unpaired) electrons. The fraction of sp³-hybridized carbons (Fsp3) is 0.154. The lowest BCUT2D eigenvalue weighted by molar-refractivity contribution is -0.120. The third-order valence-electron chi connectivity index (χ3n) is 5.25. The van der Waals surface area contributed by atoms with E-state index in [1.807, 2.05) is 57.2 Å². The van der Waals surface area contributed by atoms with Gasteiger partial charge in [0.25, 0.3) is 11.8 Å². The Kier molecular flexibility index (Phi) is 6.01. The van der Waals surface area contributed by atoms with Gasteiger partial charge in [0.05, 0.1) is 17.9 Å². The van der Waals surface area contributed by atoms with Crippen LogP contribution >= 0.6 is 11.6 Å². The minimum atomic E-state index is -0.434. The molecular weight excluding hydrogens is 424 g/mol. The molecule has 3 aromatic carbocycles. The molecule has 2 amide bonds. The molecule has 0 saturated carbocycles. The molecule has 1 N–H and O–H groups in total. The summed E-state index contributed by atoms with van der Waals surface area (Å²) in [5.41, 5.74) is 4.26. The van der Waals surface area contributed by atoms with E-state index < -0.39 is 11.8 Å². The van der Waals surface area contributed by atoms with Crippen molar-refractivity contribution >= 4 is 40.4 Å². The second kappa shape index (κ2) is 8.89. The first-order chi connectivity index (χ1) is 15.4. The number of rotatable bonds is 6. The van der Waals surface area contributed by atoms with Crippen molar-refractivity contribution in [3.05, 3.63) is 94.1 Å². The first kappa shape index (κ1) is 21.7. The summed E-state index contributed by atoms with van der Waals surface area (Å²) in [5, 5.41) is 3.72. The van der Waals surface area contributed by atoms with Crippen LogP contribution in [-0.2, 0) is 9.59 Å². The summed E-state index contributed by atoms with van der Waals surface area (Å²) in [4.78, 5) is 28.2. The second-order valence-corrected chi connectivity index (χ2v) is 7.99. The number of carbonyl (C=O) groups is 2. The number of anilines is 2. The van der Waals surface area contributed by atoms with Gasteiger partial charge in [-0.15, -0.1) is 0 Å². The maximum atomic E-state index is 13.5. The van der Waals surface area contributed by atoms with Crippen LogP contribution in [0.5, 0.6) is 5.75 Å². The predicted octanol–water partition coefficient (Wildman–Crippen LogP) is 5.75. The predicted molar refractivity (Wildman–Crippen MR) is 128 cm³/mol. The zero-order valence-corrected chi connectivity index (χ0v) is 18.9. The first-order valence-corrected chi connectivity index (χ1v) is 10.7. The minimum Gasteiger partial charge on any atom is -0.494 e. The Morgan fingerprint density at radius 2 is 1.69 bits per heavy atom. The van der Waals surface area contributed by atoms with Crippen LogP contribution in [0.2, 0.25) is 5.02 Å². The van der Waals surface area contributed by atoms with Crippen LogP contribution in [-0.4, -0.2) is 18.4 Å². The van der Waals surface area contributed by atoms with Gasteiger partial charge in [0.15, 0.2) is 0 Å². The quantitative estimate of drug-likeness (QED) is 0.489. The van der Waals surface area contributed by atoms with E-state index in [0.29, 0.717) is 39.9 Å². The molecule has 0 atom stereocenters. The zero-order chi connectivity index (χ0) is 22.8. The molecule has 5 nitrogen and oxygen atoms in total. The summed E-state index contributed by atoms with van der Waals surface area (Å²) in [6, 6.07) is 19.9. The van der Waals surface area contributed by atoms with Crippen molar-refractivity contribution in [2.75, 3.05) is 16.8 Å². The minimum absolute atomic E-state index is 0.209. The second-order valence-electron chi connectivity index (χ2n) is 7.58. The summed E-state index contributed by atoms with van der Waals surface area (Å²) in [6.07, 6.45) is 0. The Labute approximate surface area is 192 Å². The summed E-state index contributed by atoms with van der Waals surface area (Å²) >= 11 is 6.27. The Bertz CT molecular complexity index is 1230. The molecule has 4 rings (SSSR count). The maximum Gasteiger partial charge on any atom is 0.282 e. The molecule has 0 saturated heterocycles. The van der Waals surface area contributed by atoms with E-state index in [2.05, 4.69) is 5.32 Å². The van der Waals surface area contributed by atoms with Gasteiger partial charge in [0.2, 0.25) is 0 Å². The molecule has 0 bridgehead atoms. The molecule has 0 aliphatic carbocycles. The number of nitrogens with zero attached hydrogens (tertiary/aromatic N) is 1. The number of ether oxygens (including phenoxy) is 1. The third-order valence-corrected chi connectivity index (χ3v) is 5.66. The summed E-state index contributed by atoms with van der Waals surface area (Å²) in [7, 11) is 0. The van der Waals surface area contributed by atoms with Crippen molar-refractivity contribution in [1.29, 1.82) is 0 Å². The number of nitrogens with one attached hydrogen (secondary N) is 1. The molecule has 0 spiro atoms. The SMILES string of the molecule is CCOc1cccc(N2C(=O)C(Nc3ccc(C)c(Cl)c3)=C(c3ccc(C)cc3)C2=O)c1. The van der Waals surface area contributed by atoms with Crippen molar-refractivity contribution < 1.29 is 14.3 Å². The van der Waals surface area contributed by atoms with Gasteiger partial charge in [-0.2, -0.15) is 0 Å². The van der Waals surface area contributed by atoms with Crippen LogP contribution in [0.3, 0.4) is 0 Å². The van der Waals surface area contributed by atoms with Crippen molar-refractivity contribution in [1.82, 2.24) is 0 Å². The van der Waals surface area contributed by atoms with Gasteiger partial charge >= 0.3 is 0 Å². The van der Waals surface area contributed by atoms with E-state index in [9.17, 15) is 9.59 Å². The number of imide groups is 1. The zero-order valence-electron chi connectivity index (χ0n) is 18.1. The van der Waals surface area contributed by atoms with Gasteiger partial charge in [-0.25, -0.2) is 4.90 Å². The lowest BCUT2D eigenvalue weighted by atomic mass is 10.0. The highest BCUT2D eigenvalue weighted by Crippen LogP contribution is 2.35. The number of aryl methyl sites for hydroxylation is 2. The monoisotopic (exact) mass is 446 g/mol. The average molecular weight is 447 g/mol. The van der Waals surface area contributed by atoms with Crippen LogP contribution in [0.1, 0.15) is 23.6 Å². The molecular formula is C26H23ClN2O3. The highest BCUT2D eigenvalue weighted by molar-refractivity contribution is 6.46. The summed E-state index contributed by atoms with van der Waals surface area (Å²) < 4.78 is 5.55. The van der Waals surface area contributed by atoms with Crippen molar-refractivity contribution in [2.24, 2.45) is 0 Å². The number of hydrogen-bond donors (Lipinski definition) is 1. The highest BCUT2D eigenvalue weighted by atomic mass is 35.5. The number of amides is 2. The largest absolute Gasteiger partial charge is 0.494 e. The lowest BCUT2D eigenvalue weighted by Crippen LogP contribution is -2.32. The molecule has 0 aromatic heterocycles. The van der Waals surface area contributed by atoms with E-state index in [-0.39, 0.29) is 5.70 Å². The van der Waals surface area contributed by atoms with Gasteiger partial charge in [-0.05, 0) is 56.2 Å².